The lowest BCUT2D eigenvalue weighted by molar-refractivity contribution is -0.138. The molecule has 1 aliphatic heterocycles. The van der Waals surface area contributed by atoms with Crippen molar-refractivity contribution in [1.29, 1.82) is 0 Å². The first kappa shape index (κ1) is 15.1. The number of hydrogen-bond acceptors (Lipinski definition) is 3. The normalized spacial score (nSPS) is 18.2. The van der Waals surface area contributed by atoms with Crippen molar-refractivity contribution in [3.63, 3.8) is 0 Å². The van der Waals surface area contributed by atoms with Crippen molar-refractivity contribution in [2.45, 2.75) is 38.5 Å². The van der Waals surface area contributed by atoms with Crippen molar-refractivity contribution in [1.82, 2.24) is 9.88 Å². The molecule has 0 bridgehead atoms. The second-order valence-corrected chi connectivity index (χ2v) is 5.20. The lowest BCUT2D eigenvalue weighted by Crippen LogP contribution is -2.39. The van der Waals surface area contributed by atoms with Gasteiger partial charge in [-0.2, -0.15) is 13.2 Å². The Morgan fingerprint density at radius 3 is 2.55 bits per heavy atom. The number of ether oxygens (including phenoxy) is 1. The standard InChI is InChI=1S/C14H19F3N2O/c1-11-2-3-13(18-10-11)20-12-4-7-19(8-5-12)9-6-14(15,16)17/h2-3,10,12H,4-9H2,1H3. The van der Waals surface area contributed by atoms with Crippen LogP contribution in [0, 0.1) is 6.92 Å². The molecule has 1 aliphatic rings. The number of aromatic nitrogens is 1. The summed E-state index contributed by atoms with van der Waals surface area (Å²) in [6.07, 6.45) is -1.53. The fraction of sp³-hybridized carbons (Fsp3) is 0.643. The van der Waals surface area contributed by atoms with Crippen LogP contribution >= 0.6 is 0 Å². The number of nitrogens with zero attached hydrogens (tertiary/aromatic N) is 2. The zero-order valence-electron chi connectivity index (χ0n) is 11.5. The number of aryl methyl sites for hydroxylation is 1. The average molecular weight is 288 g/mol. The van der Waals surface area contributed by atoms with Gasteiger partial charge in [0.25, 0.3) is 0 Å². The Morgan fingerprint density at radius 1 is 1.30 bits per heavy atom. The molecule has 0 N–H and O–H groups in total. The van der Waals surface area contributed by atoms with E-state index in [2.05, 4.69) is 4.98 Å². The molecule has 112 valence electrons. The average Bonchev–Trinajstić information content (AvgIpc) is 2.40. The molecule has 2 rings (SSSR count). The Labute approximate surface area is 116 Å². The van der Waals surface area contributed by atoms with E-state index >= 15 is 0 Å². The lowest BCUT2D eigenvalue weighted by Gasteiger charge is -2.32. The summed E-state index contributed by atoms with van der Waals surface area (Å²) in [5, 5.41) is 0. The highest BCUT2D eigenvalue weighted by Gasteiger charge is 2.29. The molecule has 6 heteroatoms. The second-order valence-electron chi connectivity index (χ2n) is 5.20. The molecule has 1 aromatic rings. The number of rotatable bonds is 4. The Kier molecular flexibility index (Phi) is 4.86. The predicted octanol–water partition coefficient (Wildman–Crippen LogP) is 3.19. The van der Waals surface area contributed by atoms with Crippen molar-refractivity contribution < 1.29 is 17.9 Å². The van der Waals surface area contributed by atoms with Crippen LogP contribution in [0.4, 0.5) is 13.2 Å². The number of halogens is 3. The van der Waals surface area contributed by atoms with Crippen LogP contribution in [0.5, 0.6) is 5.88 Å². The number of hydrogen-bond donors (Lipinski definition) is 0. The molecule has 0 radical (unpaired) electrons. The number of piperidine rings is 1. The summed E-state index contributed by atoms with van der Waals surface area (Å²) in [5.41, 5.74) is 1.07. The van der Waals surface area contributed by atoms with Crippen LogP contribution in [0.25, 0.3) is 0 Å². The minimum absolute atomic E-state index is 0.0485. The summed E-state index contributed by atoms with van der Waals surface area (Å²) in [6.45, 7) is 3.33. The van der Waals surface area contributed by atoms with E-state index in [0.717, 1.165) is 18.4 Å². The van der Waals surface area contributed by atoms with E-state index in [1.54, 1.807) is 6.20 Å². The van der Waals surface area contributed by atoms with Gasteiger partial charge in [0.05, 0.1) is 6.42 Å². The Morgan fingerprint density at radius 2 is 2.00 bits per heavy atom. The molecule has 1 saturated heterocycles. The van der Waals surface area contributed by atoms with E-state index in [-0.39, 0.29) is 12.6 Å². The van der Waals surface area contributed by atoms with Gasteiger partial charge in [0.1, 0.15) is 6.10 Å². The van der Waals surface area contributed by atoms with E-state index in [1.165, 1.54) is 0 Å². The molecule has 20 heavy (non-hydrogen) atoms. The summed E-state index contributed by atoms with van der Waals surface area (Å²) in [5.74, 6) is 0.587. The highest BCUT2D eigenvalue weighted by molar-refractivity contribution is 5.16. The zero-order valence-corrected chi connectivity index (χ0v) is 11.5. The second kappa shape index (κ2) is 6.43. The molecule has 0 amide bonds. The first-order valence-electron chi connectivity index (χ1n) is 6.81. The van der Waals surface area contributed by atoms with Gasteiger partial charge in [0.15, 0.2) is 0 Å². The van der Waals surface area contributed by atoms with Gasteiger partial charge >= 0.3 is 6.18 Å². The number of alkyl halides is 3. The van der Waals surface area contributed by atoms with Gasteiger partial charge in [-0.05, 0) is 25.3 Å². The van der Waals surface area contributed by atoms with Crippen LogP contribution < -0.4 is 4.74 Å². The minimum Gasteiger partial charge on any atom is -0.474 e. The van der Waals surface area contributed by atoms with Crippen LogP contribution in [0.2, 0.25) is 0 Å². The van der Waals surface area contributed by atoms with E-state index < -0.39 is 12.6 Å². The minimum atomic E-state index is -4.07. The van der Waals surface area contributed by atoms with Gasteiger partial charge in [-0.15, -0.1) is 0 Å². The van der Waals surface area contributed by atoms with Gasteiger partial charge in [0.2, 0.25) is 5.88 Å². The third-order valence-corrected chi connectivity index (χ3v) is 3.42. The summed E-state index contributed by atoms with van der Waals surface area (Å²) in [7, 11) is 0. The summed E-state index contributed by atoms with van der Waals surface area (Å²) in [6, 6.07) is 3.76. The van der Waals surface area contributed by atoms with Crippen molar-refractivity contribution in [3.05, 3.63) is 23.9 Å². The molecular formula is C14H19F3N2O. The van der Waals surface area contributed by atoms with Crippen LogP contribution in [0.15, 0.2) is 18.3 Å². The Balaban J connectivity index is 1.73. The zero-order chi connectivity index (χ0) is 14.6. The van der Waals surface area contributed by atoms with Crippen molar-refractivity contribution in [3.8, 4) is 5.88 Å². The highest BCUT2D eigenvalue weighted by atomic mass is 19.4. The van der Waals surface area contributed by atoms with Gasteiger partial charge in [-0.1, -0.05) is 6.07 Å². The molecular weight excluding hydrogens is 269 g/mol. The van der Waals surface area contributed by atoms with E-state index in [9.17, 15) is 13.2 Å². The molecule has 2 heterocycles. The van der Waals surface area contributed by atoms with Crippen LogP contribution in [-0.2, 0) is 0 Å². The third kappa shape index (κ3) is 5.00. The molecule has 0 unspecified atom stereocenters. The Hall–Kier alpha value is -1.30. The topological polar surface area (TPSA) is 25.4 Å². The van der Waals surface area contributed by atoms with Crippen molar-refractivity contribution in [2.75, 3.05) is 19.6 Å². The molecule has 0 aliphatic carbocycles. The van der Waals surface area contributed by atoms with Crippen LogP contribution in [-0.4, -0.2) is 41.8 Å². The largest absolute Gasteiger partial charge is 0.474 e. The van der Waals surface area contributed by atoms with Gasteiger partial charge < -0.3 is 9.64 Å². The van der Waals surface area contributed by atoms with Crippen molar-refractivity contribution in [2.24, 2.45) is 0 Å². The lowest BCUT2D eigenvalue weighted by atomic mass is 10.1. The number of likely N-dealkylation sites (tertiary alicyclic amines) is 1. The third-order valence-electron chi connectivity index (χ3n) is 3.42. The maximum absolute atomic E-state index is 12.1. The van der Waals surface area contributed by atoms with Gasteiger partial charge in [0, 0.05) is 31.9 Å². The maximum atomic E-state index is 12.1. The van der Waals surface area contributed by atoms with E-state index in [1.807, 2.05) is 24.0 Å². The van der Waals surface area contributed by atoms with E-state index in [4.69, 9.17) is 4.74 Å². The molecule has 0 atom stereocenters. The van der Waals surface area contributed by atoms with Crippen LogP contribution in [0.3, 0.4) is 0 Å². The summed E-state index contributed by atoms with van der Waals surface area (Å²) >= 11 is 0. The smallest absolute Gasteiger partial charge is 0.390 e. The van der Waals surface area contributed by atoms with E-state index in [0.29, 0.717) is 19.0 Å². The first-order valence-corrected chi connectivity index (χ1v) is 6.81. The fourth-order valence-electron chi connectivity index (χ4n) is 2.23. The highest BCUT2D eigenvalue weighted by Crippen LogP contribution is 2.22. The Bertz CT molecular complexity index is 411. The first-order chi connectivity index (χ1) is 9.42. The van der Waals surface area contributed by atoms with Crippen molar-refractivity contribution >= 4 is 0 Å². The van der Waals surface area contributed by atoms with Crippen LogP contribution in [0.1, 0.15) is 24.8 Å². The molecule has 0 saturated carbocycles. The molecule has 1 fully saturated rings. The molecule has 0 spiro atoms. The fourth-order valence-corrected chi connectivity index (χ4v) is 2.23. The molecule has 3 nitrogen and oxygen atoms in total. The molecule has 0 aromatic carbocycles. The quantitative estimate of drug-likeness (QED) is 0.851. The maximum Gasteiger partial charge on any atom is 0.390 e. The number of pyridine rings is 1. The summed E-state index contributed by atoms with van der Waals surface area (Å²) in [4.78, 5) is 6.02. The predicted molar refractivity (Wildman–Crippen MR) is 69.7 cm³/mol. The molecule has 1 aromatic heterocycles. The summed E-state index contributed by atoms with van der Waals surface area (Å²) < 4.78 is 42.2. The monoisotopic (exact) mass is 288 g/mol. The van der Waals surface area contributed by atoms with Gasteiger partial charge in [-0.25, -0.2) is 4.98 Å². The van der Waals surface area contributed by atoms with Gasteiger partial charge in [-0.3, -0.25) is 0 Å². The SMILES string of the molecule is Cc1ccc(OC2CCN(CCC(F)(F)F)CC2)nc1.